The molecule has 0 aliphatic heterocycles. The van der Waals surface area contributed by atoms with Crippen LogP contribution < -0.4 is 0 Å². The fraction of sp³-hybridized carbons (Fsp3) is 0.312. The van der Waals surface area contributed by atoms with Crippen molar-refractivity contribution in [2.45, 2.75) is 85.0 Å². The number of aliphatic hydroxyl groups is 1. The molecule has 2 aromatic heterocycles. The molecule has 8 rings (SSSR count). The summed E-state index contributed by atoms with van der Waals surface area (Å²) in [7, 11) is 0. The first-order valence-electron chi connectivity index (χ1n) is 19.0. The first-order chi connectivity index (χ1) is 25.1. The molecule has 2 heterocycles. The third-order valence-electron chi connectivity index (χ3n) is 11.5. The number of allylic oxidation sites excluding steroid dienone is 2. The molecule has 273 valence electrons. The number of pyridine rings is 2. The van der Waals surface area contributed by atoms with Crippen LogP contribution in [0, 0.1) is 17.9 Å². The van der Waals surface area contributed by atoms with Gasteiger partial charge in [0.25, 0.3) is 0 Å². The molecule has 6 aromatic rings. The Kier molecular flexibility index (Phi) is 10.9. The van der Waals surface area contributed by atoms with E-state index in [1.165, 1.54) is 55.8 Å². The van der Waals surface area contributed by atoms with Crippen molar-refractivity contribution in [1.29, 1.82) is 0 Å². The van der Waals surface area contributed by atoms with Crippen molar-refractivity contribution in [1.82, 2.24) is 9.97 Å². The van der Waals surface area contributed by atoms with E-state index in [0.717, 1.165) is 47.8 Å². The smallest absolute Gasteiger partial charge is 0.162 e. The summed E-state index contributed by atoms with van der Waals surface area (Å²) in [4.78, 5) is 21.4. The molecule has 0 fully saturated rings. The van der Waals surface area contributed by atoms with Gasteiger partial charge in [0.05, 0.1) is 5.76 Å². The van der Waals surface area contributed by atoms with Gasteiger partial charge in [-0.3, -0.25) is 9.78 Å². The number of fused-ring (bicyclic) bond motifs is 10. The molecule has 1 radical (unpaired) electrons. The molecule has 5 heteroatoms. The van der Waals surface area contributed by atoms with E-state index in [1.807, 2.05) is 46.2 Å². The Balaban J connectivity index is 0.000000258. The van der Waals surface area contributed by atoms with Gasteiger partial charge in [-0.15, -0.1) is 23.3 Å². The Hall–Kier alpha value is -4.44. The predicted octanol–water partition coefficient (Wildman–Crippen LogP) is 12.1. The molecule has 2 aliphatic carbocycles. The number of benzene rings is 4. The maximum Gasteiger partial charge on any atom is 0.162 e. The zero-order chi connectivity index (χ0) is 36.8. The molecule has 4 aromatic carbocycles. The van der Waals surface area contributed by atoms with E-state index in [4.69, 9.17) is 4.98 Å². The second-order valence-electron chi connectivity index (χ2n) is 15.4. The molecule has 0 saturated heterocycles. The first kappa shape index (κ1) is 38.3. The van der Waals surface area contributed by atoms with Gasteiger partial charge in [-0.1, -0.05) is 127 Å². The minimum atomic E-state index is -0.460. The molecule has 0 unspecified atom stereocenters. The molecule has 0 amide bonds. The minimum Gasteiger partial charge on any atom is -0.512 e. The number of carbonyl (C=O) groups excluding carboxylic acids is 1. The third kappa shape index (κ3) is 6.36. The molecule has 2 aliphatic rings. The van der Waals surface area contributed by atoms with Crippen LogP contribution in [0.15, 0.2) is 109 Å². The quantitative estimate of drug-likeness (QED) is 0.0984. The van der Waals surface area contributed by atoms with E-state index in [9.17, 15) is 9.90 Å². The number of hydrogen-bond acceptors (Lipinski definition) is 4. The molecular weight excluding hydrogens is 829 g/mol. The zero-order valence-electron chi connectivity index (χ0n) is 31.9. The van der Waals surface area contributed by atoms with Crippen molar-refractivity contribution < 1.29 is 30.0 Å². The summed E-state index contributed by atoms with van der Waals surface area (Å²) in [6.45, 7) is 15.0. The zero-order valence-corrected chi connectivity index (χ0v) is 34.3. The van der Waals surface area contributed by atoms with Crippen LogP contribution in [0.5, 0.6) is 0 Å². The number of nitrogens with zero attached hydrogens (tertiary/aromatic N) is 2. The summed E-state index contributed by atoms with van der Waals surface area (Å²) in [5.74, 6) is 0.547. The predicted molar refractivity (Wildman–Crippen MR) is 215 cm³/mol. The largest absolute Gasteiger partial charge is 0.512 e. The van der Waals surface area contributed by atoms with E-state index in [2.05, 4.69) is 111 Å². The van der Waals surface area contributed by atoms with Crippen molar-refractivity contribution >= 4 is 27.5 Å². The van der Waals surface area contributed by atoms with Crippen LogP contribution in [0.1, 0.15) is 102 Å². The summed E-state index contributed by atoms with van der Waals surface area (Å²) >= 11 is 0. The van der Waals surface area contributed by atoms with Crippen molar-refractivity contribution in [3.8, 4) is 22.4 Å². The van der Waals surface area contributed by atoms with Crippen LogP contribution in [0.25, 0.3) is 44.1 Å². The van der Waals surface area contributed by atoms with E-state index < -0.39 is 5.41 Å². The molecule has 1 N–H and O–H groups in total. The summed E-state index contributed by atoms with van der Waals surface area (Å²) in [5.41, 5.74) is 11.6. The molecule has 53 heavy (non-hydrogen) atoms. The molecule has 4 nitrogen and oxygen atoms in total. The average molecular weight is 878 g/mol. The van der Waals surface area contributed by atoms with Crippen LogP contribution in [-0.4, -0.2) is 20.9 Å². The van der Waals surface area contributed by atoms with Crippen molar-refractivity contribution in [2.75, 3.05) is 0 Å². The van der Waals surface area contributed by atoms with E-state index in [0.29, 0.717) is 0 Å². The Morgan fingerprint density at radius 1 is 0.736 bits per heavy atom. The van der Waals surface area contributed by atoms with Gasteiger partial charge in [0.15, 0.2) is 5.78 Å². The summed E-state index contributed by atoms with van der Waals surface area (Å²) in [6, 6.07) is 35.1. The molecule has 0 bridgehead atoms. The topological polar surface area (TPSA) is 63.1 Å². The second kappa shape index (κ2) is 15.1. The Morgan fingerprint density at radius 3 is 1.96 bits per heavy atom. The van der Waals surface area contributed by atoms with Gasteiger partial charge in [-0.05, 0) is 92.5 Å². The van der Waals surface area contributed by atoms with Crippen molar-refractivity contribution in [2.24, 2.45) is 11.8 Å². The summed E-state index contributed by atoms with van der Waals surface area (Å²) in [6.07, 6.45) is 8.70. The Morgan fingerprint density at radius 2 is 1.36 bits per heavy atom. The van der Waals surface area contributed by atoms with Crippen molar-refractivity contribution in [3.05, 3.63) is 143 Å². The average Bonchev–Trinajstić information content (AvgIpc) is 3.44. The number of carbonyl (C=O) groups is 1. The van der Waals surface area contributed by atoms with Gasteiger partial charge in [-0.25, -0.2) is 0 Å². The van der Waals surface area contributed by atoms with E-state index in [-0.39, 0.29) is 48.9 Å². The summed E-state index contributed by atoms with van der Waals surface area (Å²) < 4.78 is 0. The number of aromatic nitrogens is 2. The van der Waals surface area contributed by atoms with Gasteiger partial charge < -0.3 is 10.1 Å². The van der Waals surface area contributed by atoms with Crippen LogP contribution >= 0.6 is 0 Å². The van der Waals surface area contributed by atoms with Crippen LogP contribution in [0.2, 0.25) is 0 Å². The minimum absolute atomic E-state index is 0. The monoisotopic (exact) mass is 878 g/mol. The van der Waals surface area contributed by atoms with E-state index in [1.54, 1.807) is 0 Å². The number of hydrogen-bond donors (Lipinski definition) is 1. The van der Waals surface area contributed by atoms with Crippen LogP contribution in [-0.2, 0) is 35.7 Å². The summed E-state index contributed by atoms with van der Waals surface area (Å²) in [5, 5.41) is 13.3. The number of ketones is 1. The fourth-order valence-electron chi connectivity index (χ4n) is 8.51. The van der Waals surface area contributed by atoms with Gasteiger partial charge in [0, 0.05) is 55.8 Å². The van der Waals surface area contributed by atoms with E-state index >= 15 is 0 Å². The maximum absolute atomic E-state index is 11.7. The molecule has 0 saturated carbocycles. The van der Waals surface area contributed by atoms with Gasteiger partial charge in [-0.2, -0.15) is 0 Å². The normalized spacial score (nSPS) is 13.7. The van der Waals surface area contributed by atoms with Gasteiger partial charge in [0.2, 0.25) is 0 Å². The maximum atomic E-state index is 11.7. The first-order valence-corrected chi connectivity index (χ1v) is 19.0. The Labute approximate surface area is 328 Å². The second-order valence-corrected chi connectivity index (χ2v) is 15.4. The SMILES string of the molecule is CC(C)(C)c1cc2c3c(nccc3c1)-c1[c-]c3ncccc3cc1C21c2ccccc2-c2ccccc21.CCC(CC)C(=O)/C=C(\O)C(CC)CC.[Ir]. The molecular formula is C48H49IrN2O2-. The van der Waals surface area contributed by atoms with Crippen LogP contribution in [0.3, 0.4) is 0 Å². The Bertz CT molecular complexity index is 2300. The van der Waals surface area contributed by atoms with Gasteiger partial charge in [0.1, 0.15) is 0 Å². The number of rotatable bonds is 7. The molecule has 1 spiro atoms. The van der Waals surface area contributed by atoms with Crippen LogP contribution in [0.4, 0.5) is 0 Å². The molecule has 0 atom stereocenters. The fourth-order valence-corrected chi connectivity index (χ4v) is 8.51. The van der Waals surface area contributed by atoms with Crippen molar-refractivity contribution in [3.63, 3.8) is 0 Å². The van der Waals surface area contributed by atoms with Gasteiger partial charge >= 0.3 is 0 Å². The number of aliphatic hydroxyl groups excluding tert-OH is 1. The standard InChI is InChI=1S/C35H25N2.C13H24O2.Ir/c1-34(2,3)23-17-22-14-16-37-33-26-20-31-21(9-8-15-36-31)18-29(26)35(30(19-23)32(22)33)27-12-6-4-10-24(27)25-11-5-7-13-28(25)35;1-5-10(6-2)12(14)9-13(15)11(7-3)8-4;/h4-19H,1-3H3;9-11,14H,5-8H2,1-4H3;/q-1;;/b;12-9-;. The third-order valence-corrected chi connectivity index (χ3v) is 11.5.